The first-order valence-electron chi connectivity index (χ1n) is 5.38. The lowest BCUT2D eigenvalue weighted by atomic mass is 10.1. The Hall–Kier alpha value is -0.420. The Morgan fingerprint density at radius 3 is 2.27 bits per heavy atom. The van der Waals surface area contributed by atoms with E-state index < -0.39 is 15.7 Å². The molecule has 0 aliphatic heterocycles. The molecule has 0 amide bonds. The minimum atomic E-state index is -3.51. The molecule has 1 aliphatic rings. The van der Waals surface area contributed by atoms with E-state index >= 15 is 0 Å². The van der Waals surface area contributed by atoms with Crippen LogP contribution in [0.4, 0.5) is 0 Å². The van der Waals surface area contributed by atoms with Crippen LogP contribution in [0.3, 0.4) is 0 Å². The lowest BCUT2D eigenvalue weighted by molar-refractivity contribution is 0.492. The second kappa shape index (κ2) is 4.61. The first-order valence-corrected chi connectivity index (χ1v) is 6.82. The van der Waals surface area contributed by atoms with Crippen LogP contribution in [0.25, 0.3) is 0 Å². The van der Waals surface area contributed by atoms with Gasteiger partial charge >= 0.3 is 10.2 Å². The van der Waals surface area contributed by atoms with Crippen LogP contribution < -0.4 is 4.72 Å². The summed E-state index contributed by atoms with van der Waals surface area (Å²) in [7, 11) is -3.51. The maximum atomic E-state index is 11.5. The summed E-state index contributed by atoms with van der Waals surface area (Å²) in [5, 5.41) is 0. The Kier molecular flexibility index (Phi) is 3.89. The minimum Gasteiger partial charge on any atom is -0.191 e. The summed E-state index contributed by atoms with van der Waals surface area (Å²) in [6, 6.07) is 0. The van der Waals surface area contributed by atoms with Crippen molar-refractivity contribution in [2.24, 2.45) is 10.3 Å². The zero-order chi connectivity index (χ0) is 11.5. The Labute approximate surface area is 92.4 Å². The van der Waals surface area contributed by atoms with Crippen molar-refractivity contribution >= 4 is 16.4 Å². The fourth-order valence-electron chi connectivity index (χ4n) is 1.69. The third kappa shape index (κ3) is 5.28. The van der Waals surface area contributed by atoms with Crippen molar-refractivity contribution in [3.8, 4) is 0 Å². The summed E-state index contributed by atoms with van der Waals surface area (Å²) in [5.41, 5.74) is -0.466. The van der Waals surface area contributed by atoms with E-state index in [0.717, 1.165) is 12.8 Å². The Bertz CT molecular complexity index is 322. The van der Waals surface area contributed by atoms with Gasteiger partial charge in [0.15, 0.2) is 0 Å². The van der Waals surface area contributed by atoms with Crippen molar-refractivity contribution in [3.63, 3.8) is 0 Å². The van der Waals surface area contributed by atoms with Gasteiger partial charge < -0.3 is 0 Å². The molecule has 0 radical (unpaired) electrons. The lowest BCUT2D eigenvalue weighted by Gasteiger charge is -2.17. The Morgan fingerprint density at radius 1 is 1.27 bits per heavy atom. The fourth-order valence-corrected chi connectivity index (χ4v) is 2.84. The second-order valence-electron chi connectivity index (χ2n) is 5.13. The largest absolute Gasteiger partial charge is 0.319 e. The highest BCUT2D eigenvalue weighted by atomic mass is 32.2. The van der Waals surface area contributed by atoms with Gasteiger partial charge in [0.05, 0.1) is 0 Å². The molecule has 15 heavy (non-hydrogen) atoms. The van der Waals surface area contributed by atoms with E-state index in [-0.39, 0.29) is 0 Å². The molecule has 1 fully saturated rings. The molecule has 1 rings (SSSR count). The average Bonchev–Trinajstić information content (AvgIpc) is 2.47. The standard InChI is InChI=1S/C10H20N2O2S/c1-10(2,3)12-15(13,14)11-8-9-6-4-5-7-9/h8-9,12H,4-7H2,1-3H3. The molecule has 0 atom stereocenters. The van der Waals surface area contributed by atoms with E-state index in [1.807, 2.05) is 0 Å². The summed E-state index contributed by atoms with van der Waals surface area (Å²) in [5.74, 6) is 0.349. The zero-order valence-corrected chi connectivity index (χ0v) is 10.5. The maximum absolute atomic E-state index is 11.5. The van der Waals surface area contributed by atoms with Crippen LogP contribution in [-0.4, -0.2) is 20.2 Å². The summed E-state index contributed by atoms with van der Waals surface area (Å²) in [6.07, 6.45) is 6.08. The van der Waals surface area contributed by atoms with Crippen molar-refractivity contribution in [3.05, 3.63) is 0 Å². The van der Waals surface area contributed by atoms with Crippen LogP contribution in [0.15, 0.2) is 4.40 Å². The molecule has 1 N–H and O–H groups in total. The number of nitrogens with zero attached hydrogens (tertiary/aromatic N) is 1. The van der Waals surface area contributed by atoms with Crippen molar-refractivity contribution in [2.75, 3.05) is 0 Å². The summed E-state index contributed by atoms with van der Waals surface area (Å²) in [4.78, 5) is 0. The van der Waals surface area contributed by atoms with Gasteiger partial charge in [-0.1, -0.05) is 12.8 Å². The third-order valence-electron chi connectivity index (χ3n) is 2.25. The van der Waals surface area contributed by atoms with E-state index in [1.165, 1.54) is 12.8 Å². The molecule has 0 aromatic heterocycles. The van der Waals surface area contributed by atoms with Crippen LogP contribution in [0.5, 0.6) is 0 Å². The molecule has 0 aromatic carbocycles. The second-order valence-corrected chi connectivity index (χ2v) is 6.49. The van der Waals surface area contributed by atoms with Gasteiger partial charge in [0.2, 0.25) is 0 Å². The molecule has 0 unspecified atom stereocenters. The van der Waals surface area contributed by atoms with Crippen LogP contribution in [0.2, 0.25) is 0 Å². The summed E-state index contributed by atoms with van der Waals surface area (Å²) >= 11 is 0. The van der Waals surface area contributed by atoms with Crippen LogP contribution in [0, 0.1) is 5.92 Å². The number of hydrogen-bond donors (Lipinski definition) is 1. The third-order valence-corrected chi connectivity index (χ3v) is 3.52. The van der Waals surface area contributed by atoms with Gasteiger partial charge in [0.25, 0.3) is 0 Å². The summed E-state index contributed by atoms with van der Waals surface area (Å²) < 4.78 is 29.1. The van der Waals surface area contributed by atoms with Gasteiger partial charge in [-0.05, 0) is 39.5 Å². The number of rotatable bonds is 3. The van der Waals surface area contributed by atoms with E-state index in [2.05, 4.69) is 9.12 Å². The van der Waals surface area contributed by atoms with E-state index in [0.29, 0.717) is 5.92 Å². The van der Waals surface area contributed by atoms with Gasteiger partial charge in [-0.2, -0.15) is 17.5 Å². The normalized spacial score (nSPS) is 20.2. The van der Waals surface area contributed by atoms with Crippen molar-refractivity contribution < 1.29 is 8.42 Å². The molecule has 0 aromatic rings. The molecule has 88 valence electrons. The first kappa shape index (κ1) is 12.6. The zero-order valence-electron chi connectivity index (χ0n) is 9.66. The molecule has 1 aliphatic carbocycles. The molecule has 5 heteroatoms. The molecule has 0 bridgehead atoms. The summed E-state index contributed by atoms with van der Waals surface area (Å²) in [6.45, 7) is 5.40. The highest BCUT2D eigenvalue weighted by molar-refractivity contribution is 7.88. The molecule has 1 saturated carbocycles. The highest BCUT2D eigenvalue weighted by Gasteiger charge is 2.19. The van der Waals surface area contributed by atoms with E-state index in [1.54, 1.807) is 27.0 Å². The maximum Gasteiger partial charge on any atom is 0.319 e. The van der Waals surface area contributed by atoms with Gasteiger partial charge in [-0.15, -0.1) is 0 Å². The van der Waals surface area contributed by atoms with Gasteiger partial charge in [0, 0.05) is 11.8 Å². The van der Waals surface area contributed by atoms with Crippen LogP contribution >= 0.6 is 0 Å². The highest BCUT2D eigenvalue weighted by Crippen LogP contribution is 2.22. The van der Waals surface area contributed by atoms with Crippen LogP contribution in [0.1, 0.15) is 46.5 Å². The Morgan fingerprint density at radius 2 is 1.80 bits per heavy atom. The van der Waals surface area contributed by atoms with Gasteiger partial charge in [0.1, 0.15) is 0 Å². The van der Waals surface area contributed by atoms with Gasteiger partial charge in [-0.3, -0.25) is 0 Å². The minimum absolute atomic E-state index is 0.349. The fraction of sp³-hybridized carbons (Fsp3) is 0.900. The SMILES string of the molecule is CC(C)(C)NS(=O)(=O)N=CC1CCCC1. The quantitative estimate of drug-likeness (QED) is 0.755. The molecule has 0 heterocycles. The Balaban J connectivity index is 2.55. The topological polar surface area (TPSA) is 58.5 Å². The van der Waals surface area contributed by atoms with E-state index in [4.69, 9.17) is 0 Å². The number of nitrogens with one attached hydrogen (secondary N) is 1. The van der Waals surface area contributed by atoms with Crippen molar-refractivity contribution in [1.29, 1.82) is 0 Å². The predicted octanol–water partition coefficient (Wildman–Crippen LogP) is 1.88. The smallest absolute Gasteiger partial charge is 0.191 e. The van der Waals surface area contributed by atoms with Gasteiger partial charge in [-0.25, -0.2) is 0 Å². The molecule has 0 saturated heterocycles. The average molecular weight is 232 g/mol. The van der Waals surface area contributed by atoms with E-state index in [9.17, 15) is 8.42 Å². The first-order chi connectivity index (χ1) is 6.79. The lowest BCUT2D eigenvalue weighted by Crippen LogP contribution is -2.39. The molecular weight excluding hydrogens is 212 g/mol. The number of hydrogen-bond acceptors (Lipinski definition) is 2. The molecule has 0 spiro atoms. The predicted molar refractivity (Wildman–Crippen MR) is 62.3 cm³/mol. The molecular formula is C10H20N2O2S. The monoisotopic (exact) mass is 232 g/mol. The van der Waals surface area contributed by atoms with Crippen molar-refractivity contribution in [2.45, 2.75) is 52.0 Å². The van der Waals surface area contributed by atoms with Crippen molar-refractivity contribution in [1.82, 2.24) is 4.72 Å². The van der Waals surface area contributed by atoms with Crippen LogP contribution in [-0.2, 0) is 10.2 Å². The molecule has 4 nitrogen and oxygen atoms in total.